The summed E-state index contributed by atoms with van der Waals surface area (Å²) < 4.78 is 12.9. The zero-order valence-electron chi connectivity index (χ0n) is 33.0. The number of oxazole rings is 1. The highest BCUT2D eigenvalue weighted by Gasteiger charge is 2.20. The van der Waals surface area contributed by atoms with Crippen molar-refractivity contribution in [3.05, 3.63) is 218 Å². The molecule has 2 heterocycles. The summed E-state index contributed by atoms with van der Waals surface area (Å²) in [6.07, 6.45) is 0. The third kappa shape index (κ3) is 6.04. The fourth-order valence-electron chi connectivity index (χ4n) is 8.90. The van der Waals surface area contributed by atoms with Gasteiger partial charge in [0.1, 0.15) is 16.7 Å². The van der Waals surface area contributed by atoms with Crippen molar-refractivity contribution in [2.45, 2.75) is 0 Å². The molecule has 0 bridgehead atoms. The van der Waals surface area contributed by atoms with E-state index >= 15 is 0 Å². The molecule has 0 spiro atoms. The van der Waals surface area contributed by atoms with Gasteiger partial charge in [0.25, 0.3) is 0 Å². The summed E-state index contributed by atoms with van der Waals surface area (Å²) in [6.45, 7) is 0. The second kappa shape index (κ2) is 14.3. The number of para-hydroxylation sites is 2. The molecule has 0 aliphatic carbocycles. The lowest BCUT2D eigenvalue weighted by Crippen LogP contribution is -2.11. The van der Waals surface area contributed by atoms with E-state index in [1.807, 2.05) is 24.3 Å². The van der Waals surface area contributed by atoms with Crippen LogP contribution in [0.3, 0.4) is 0 Å². The van der Waals surface area contributed by atoms with Gasteiger partial charge in [-0.1, -0.05) is 152 Å². The smallest absolute Gasteiger partial charge is 0.227 e. The van der Waals surface area contributed by atoms with E-state index in [0.717, 1.165) is 105 Å². The van der Waals surface area contributed by atoms with Crippen LogP contribution in [0, 0.1) is 0 Å². The van der Waals surface area contributed by atoms with E-state index in [1.54, 1.807) is 0 Å². The summed E-state index contributed by atoms with van der Waals surface area (Å²) in [5.74, 6) is 0.610. The lowest BCUT2D eigenvalue weighted by molar-refractivity contribution is 0.620. The molecule has 4 nitrogen and oxygen atoms in total. The van der Waals surface area contributed by atoms with Crippen LogP contribution in [0.25, 0.3) is 99.4 Å². The number of benzene rings is 10. The van der Waals surface area contributed by atoms with Gasteiger partial charge in [-0.15, -0.1) is 0 Å². The number of furan rings is 1. The predicted octanol–water partition coefficient (Wildman–Crippen LogP) is 16.2. The number of anilines is 3. The predicted molar refractivity (Wildman–Crippen MR) is 253 cm³/mol. The minimum atomic E-state index is 0.610. The first-order valence-electron chi connectivity index (χ1n) is 20.6. The highest BCUT2D eigenvalue weighted by atomic mass is 16.3. The maximum Gasteiger partial charge on any atom is 0.227 e. The molecule has 61 heavy (non-hydrogen) atoms. The number of rotatable bonds is 7. The Labute approximate surface area is 352 Å². The maximum atomic E-state index is 6.45. The summed E-state index contributed by atoms with van der Waals surface area (Å²) in [5.41, 5.74) is 14.3. The summed E-state index contributed by atoms with van der Waals surface area (Å²) in [7, 11) is 0. The van der Waals surface area contributed by atoms with Crippen molar-refractivity contribution < 1.29 is 8.83 Å². The van der Waals surface area contributed by atoms with Crippen molar-refractivity contribution in [2.75, 3.05) is 4.90 Å². The Bertz CT molecular complexity index is 3590. The van der Waals surface area contributed by atoms with E-state index in [-0.39, 0.29) is 0 Å². The molecule has 4 heteroatoms. The van der Waals surface area contributed by atoms with Crippen molar-refractivity contribution >= 4 is 71.6 Å². The van der Waals surface area contributed by atoms with Gasteiger partial charge in [0.15, 0.2) is 5.58 Å². The number of aromatic nitrogens is 1. The zero-order chi connectivity index (χ0) is 40.3. The first-order valence-corrected chi connectivity index (χ1v) is 20.6. The van der Waals surface area contributed by atoms with Gasteiger partial charge in [0.2, 0.25) is 5.89 Å². The second-order valence-corrected chi connectivity index (χ2v) is 15.5. The van der Waals surface area contributed by atoms with Gasteiger partial charge < -0.3 is 13.7 Å². The molecule has 10 aromatic carbocycles. The Morgan fingerprint density at radius 1 is 0.328 bits per heavy atom. The molecule has 2 aromatic heterocycles. The number of hydrogen-bond donors (Lipinski definition) is 0. The lowest BCUT2D eigenvalue weighted by atomic mass is 9.95. The van der Waals surface area contributed by atoms with Crippen LogP contribution in [0.4, 0.5) is 17.1 Å². The minimum Gasteiger partial charge on any atom is -0.456 e. The molecule has 286 valence electrons. The van der Waals surface area contributed by atoms with Gasteiger partial charge in [-0.25, -0.2) is 4.98 Å². The third-order valence-electron chi connectivity index (χ3n) is 11.9. The fraction of sp³-hybridized carbons (Fsp3) is 0. The van der Waals surface area contributed by atoms with E-state index < -0.39 is 0 Å². The van der Waals surface area contributed by atoms with Crippen molar-refractivity contribution in [1.29, 1.82) is 0 Å². The Morgan fingerprint density at radius 3 is 1.82 bits per heavy atom. The molecule has 0 amide bonds. The van der Waals surface area contributed by atoms with Gasteiger partial charge in [-0.3, -0.25) is 0 Å². The van der Waals surface area contributed by atoms with Gasteiger partial charge in [-0.2, -0.15) is 0 Å². The van der Waals surface area contributed by atoms with E-state index in [1.165, 1.54) is 5.56 Å². The first-order chi connectivity index (χ1) is 30.2. The fourth-order valence-corrected chi connectivity index (χ4v) is 8.90. The molecule has 0 saturated heterocycles. The largest absolute Gasteiger partial charge is 0.456 e. The molecule has 0 aliphatic rings. The Morgan fingerprint density at radius 2 is 0.951 bits per heavy atom. The summed E-state index contributed by atoms with van der Waals surface area (Å²) in [6, 6.07) is 77.1. The SMILES string of the molecule is c1ccc(-c2ccc(-c3nc4c(ccc5ccc(-c6cccc7ccc(N(c8ccc9c(c8)oc8ccccc89)c8ccccc8-c8ccccc8)cc67)cc54)o3)cc2)cc1. The number of nitrogens with zero attached hydrogens (tertiary/aromatic N) is 2. The van der Waals surface area contributed by atoms with Crippen molar-refractivity contribution in [3.63, 3.8) is 0 Å². The summed E-state index contributed by atoms with van der Waals surface area (Å²) in [5, 5.41) is 6.69. The minimum absolute atomic E-state index is 0.610. The van der Waals surface area contributed by atoms with Crippen LogP contribution in [0.5, 0.6) is 0 Å². The summed E-state index contributed by atoms with van der Waals surface area (Å²) >= 11 is 0. The number of fused-ring (bicyclic) bond motifs is 7. The lowest BCUT2D eigenvalue weighted by Gasteiger charge is -2.28. The first kappa shape index (κ1) is 34.8. The summed E-state index contributed by atoms with van der Waals surface area (Å²) in [4.78, 5) is 7.46. The molecule has 0 N–H and O–H groups in total. The molecule has 0 unspecified atom stereocenters. The molecular formula is C57H36N2O2. The quantitative estimate of drug-likeness (QED) is 0.162. The normalized spacial score (nSPS) is 11.6. The Hall–Kier alpha value is -8.21. The van der Waals surface area contributed by atoms with Gasteiger partial charge in [-0.05, 0) is 105 Å². The zero-order valence-corrected chi connectivity index (χ0v) is 33.0. The second-order valence-electron chi connectivity index (χ2n) is 15.5. The molecule has 0 atom stereocenters. The van der Waals surface area contributed by atoms with Gasteiger partial charge in [0.05, 0.1) is 5.69 Å². The van der Waals surface area contributed by atoms with Crippen LogP contribution in [-0.4, -0.2) is 4.98 Å². The molecule has 0 fully saturated rings. The van der Waals surface area contributed by atoms with Crippen molar-refractivity contribution in [1.82, 2.24) is 4.98 Å². The average Bonchev–Trinajstić information content (AvgIpc) is 3.94. The maximum absolute atomic E-state index is 6.45. The molecule has 0 radical (unpaired) electrons. The van der Waals surface area contributed by atoms with Gasteiger partial charge >= 0.3 is 0 Å². The van der Waals surface area contributed by atoms with Crippen LogP contribution in [0.1, 0.15) is 0 Å². The molecule has 12 rings (SSSR count). The van der Waals surface area contributed by atoms with Crippen molar-refractivity contribution in [2.24, 2.45) is 0 Å². The van der Waals surface area contributed by atoms with E-state index in [9.17, 15) is 0 Å². The van der Waals surface area contributed by atoms with Crippen LogP contribution in [0.15, 0.2) is 227 Å². The van der Waals surface area contributed by atoms with Crippen LogP contribution in [-0.2, 0) is 0 Å². The highest BCUT2D eigenvalue weighted by Crippen LogP contribution is 2.44. The van der Waals surface area contributed by atoms with E-state index in [0.29, 0.717) is 5.89 Å². The monoisotopic (exact) mass is 780 g/mol. The molecular weight excluding hydrogens is 745 g/mol. The standard InChI is InChI=1S/C57H36N2O2/c1-3-12-37(13-4-1)38-22-25-42(26-23-38)57-58-56-51-34-43(27-24-41(51)29-33-54(56)61-57)46-19-11-16-40-28-30-44(35-50(40)46)59(52-20-9-7-17-47(52)39-14-5-2-6-15-39)45-31-32-49-48-18-8-10-21-53(48)60-55(49)36-45/h1-36H. The number of hydrogen-bond acceptors (Lipinski definition) is 4. The molecule has 12 aromatic rings. The average molecular weight is 781 g/mol. The molecule has 0 aliphatic heterocycles. The van der Waals surface area contributed by atoms with E-state index in [2.05, 4.69) is 199 Å². The Kier molecular flexibility index (Phi) is 8.13. The highest BCUT2D eigenvalue weighted by molar-refractivity contribution is 6.09. The molecule has 0 saturated carbocycles. The van der Waals surface area contributed by atoms with Crippen LogP contribution < -0.4 is 4.90 Å². The van der Waals surface area contributed by atoms with Crippen molar-refractivity contribution in [3.8, 4) is 44.8 Å². The third-order valence-corrected chi connectivity index (χ3v) is 11.9. The topological polar surface area (TPSA) is 42.4 Å². The van der Waals surface area contributed by atoms with E-state index in [4.69, 9.17) is 13.8 Å². The van der Waals surface area contributed by atoms with Crippen LogP contribution in [0.2, 0.25) is 0 Å². The van der Waals surface area contributed by atoms with Crippen LogP contribution >= 0.6 is 0 Å². The Balaban J connectivity index is 0.995. The van der Waals surface area contributed by atoms with Gasteiger partial charge in [0, 0.05) is 44.7 Å².